The van der Waals surface area contributed by atoms with E-state index in [0.29, 0.717) is 40.2 Å². The van der Waals surface area contributed by atoms with E-state index < -0.39 is 6.04 Å². The Bertz CT molecular complexity index is 1160. The van der Waals surface area contributed by atoms with E-state index in [0.717, 1.165) is 18.4 Å². The van der Waals surface area contributed by atoms with Gasteiger partial charge in [0.05, 0.1) is 0 Å². The van der Waals surface area contributed by atoms with Crippen LogP contribution in [0.25, 0.3) is 0 Å². The summed E-state index contributed by atoms with van der Waals surface area (Å²) in [5, 5.41) is 3.88. The molecule has 0 aromatic heterocycles. The molecule has 0 saturated heterocycles. The SMILES string of the molecule is CCCCNC(=O)[C@H](Cc1ccccc1)N(Cc1c(Cl)cccc1Cl)C(=O)COc1ccc(C(C)C)cc1. The zero-order valence-electron chi connectivity index (χ0n) is 22.3. The minimum atomic E-state index is -0.777. The van der Waals surface area contributed by atoms with Gasteiger partial charge in [-0.15, -0.1) is 0 Å². The molecule has 0 fully saturated rings. The van der Waals surface area contributed by atoms with E-state index in [1.807, 2.05) is 54.6 Å². The fraction of sp³-hybridized carbons (Fsp3) is 0.355. The molecule has 1 N–H and O–H groups in total. The summed E-state index contributed by atoms with van der Waals surface area (Å²) in [6.07, 6.45) is 2.14. The highest BCUT2D eigenvalue weighted by Gasteiger charge is 2.31. The molecule has 7 heteroatoms. The van der Waals surface area contributed by atoms with E-state index in [1.54, 1.807) is 18.2 Å². The van der Waals surface area contributed by atoms with Gasteiger partial charge in [-0.05, 0) is 47.7 Å². The van der Waals surface area contributed by atoms with Gasteiger partial charge < -0.3 is 15.0 Å². The number of carbonyl (C=O) groups excluding carboxylic acids is 2. The van der Waals surface area contributed by atoms with Gasteiger partial charge in [-0.3, -0.25) is 9.59 Å². The maximum Gasteiger partial charge on any atom is 0.261 e. The first-order chi connectivity index (χ1) is 18.3. The minimum Gasteiger partial charge on any atom is -0.484 e. The van der Waals surface area contributed by atoms with Crippen molar-refractivity contribution in [3.8, 4) is 5.75 Å². The van der Waals surface area contributed by atoms with Gasteiger partial charge in [0.25, 0.3) is 5.91 Å². The van der Waals surface area contributed by atoms with Gasteiger partial charge in [0.2, 0.25) is 5.91 Å². The van der Waals surface area contributed by atoms with Crippen molar-refractivity contribution in [1.82, 2.24) is 10.2 Å². The van der Waals surface area contributed by atoms with Gasteiger partial charge in [0, 0.05) is 35.1 Å². The average Bonchev–Trinajstić information content (AvgIpc) is 2.91. The Hall–Kier alpha value is -3.02. The maximum atomic E-state index is 13.7. The van der Waals surface area contributed by atoms with Crippen LogP contribution in [0.3, 0.4) is 0 Å². The number of carbonyl (C=O) groups is 2. The topological polar surface area (TPSA) is 58.6 Å². The Kier molecular flexibility index (Phi) is 11.5. The second-order valence-electron chi connectivity index (χ2n) is 9.58. The van der Waals surface area contributed by atoms with Crippen LogP contribution in [0.4, 0.5) is 0 Å². The van der Waals surface area contributed by atoms with Crippen molar-refractivity contribution in [2.45, 2.75) is 58.5 Å². The lowest BCUT2D eigenvalue weighted by Gasteiger charge is -2.32. The van der Waals surface area contributed by atoms with Crippen LogP contribution >= 0.6 is 23.2 Å². The van der Waals surface area contributed by atoms with E-state index in [1.165, 1.54) is 10.5 Å². The maximum absolute atomic E-state index is 13.7. The number of halogens is 2. The molecule has 0 aliphatic heterocycles. The first-order valence-corrected chi connectivity index (χ1v) is 13.8. The Morgan fingerprint density at radius 1 is 0.921 bits per heavy atom. The highest BCUT2D eigenvalue weighted by molar-refractivity contribution is 6.36. The first-order valence-electron chi connectivity index (χ1n) is 13.1. The molecular formula is C31H36Cl2N2O3. The monoisotopic (exact) mass is 554 g/mol. The molecule has 0 unspecified atom stereocenters. The molecule has 0 heterocycles. The van der Waals surface area contributed by atoms with Crippen molar-refractivity contribution in [3.05, 3.63) is 99.5 Å². The fourth-order valence-corrected chi connectivity index (χ4v) is 4.61. The smallest absolute Gasteiger partial charge is 0.261 e. The van der Waals surface area contributed by atoms with E-state index in [4.69, 9.17) is 27.9 Å². The number of nitrogens with one attached hydrogen (secondary N) is 1. The molecule has 0 bridgehead atoms. The van der Waals surface area contributed by atoms with Gasteiger partial charge in [0.1, 0.15) is 11.8 Å². The molecule has 5 nitrogen and oxygen atoms in total. The lowest BCUT2D eigenvalue weighted by atomic mass is 10.0. The lowest BCUT2D eigenvalue weighted by molar-refractivity contribution is -0.142. The molecule has 0 aliphatic rings. The predicted molar refractivity (Wildman–Crippen MR) is 155 cm³/mol. The molecule has 1 atom stereocenters. The molecule has 0 aliphatic carbocycles. The second-order valence-corrected chi connectivity index (χ2v) is 10.4. The summed E-state index contributed by atoms with van der Waals surface area (Å²) in [5.74, 6) is 0.428. The quantitative estimate of drug-likeness (QED) is 0.230. The van der Waals surface area contributed by atoms with Crippen LogP contribution in [-0.2, 0) is 22.6 Å². The Labute approximate surface area is 236 Å². The van der Waals surface area contributed by atoms with Crippen molar-refractivity contribution in [2.75, 3.05) is 13.2 Å². The van der Waals surface area contributed by atoms with E-state index in [9.17, 15) is 9.59 Å². The standard InChI is InChI=1S/C31H36Cl2N2O3/c1-4-5-18-34-31(37)29(19-23-10-7-6-8-11-23)35(20-26-27(32)12-9-13-28(26)33)30(36)21-38-25-16-14-24(15-17-25)22(2)3/h6-17,22,29H,4-5,18-21H2,1-3H3,(H,34,37)/t29-/m0/s1. The molecule has 3 aromatic carbocycles. The second kappa shape index (κ2) is 14.8. The van der Waals surface area contributed by atoms with Crippen LogP contribution in [0.1, 0.15) is 56.2 Å². The largest absolute Gasteiger partial charge is 0.484 e. The number of nitrogens with zero attached hydrogens (tertiary/aromatic N) is 1. The first kappa shape index (κ1) is 29.5. The van der Waals surface area contributed by atoms with Crippen LogP contribution in [0.2, 0.25) is 10.0 Å². The third-order valence-corrected chi connectivity index (χ3v) is 7.11. The molecule has 3 rings (SSSR count). The van der Waals surface area contributed by atoms with Crippen LogP contribution < -0.4 is 10.1 Å². The van der Waals surface area contributed by atoms with E-state index >= 15 is 0 Å². The number of benzene rings is 3. The van der Waals surface area contributed by atoms with Crippen molar-refractivity contribution >= 4 is 35.0 Å². The highest BCUT2D eigenvalue weighted by atomic mass is 35.5. The number of amides is 2. The Morgan fingerprint density at radius 2 is 1.58 bits per heavy atom. The third kappa shape index (κ3) is 8.50. The summed E-state index contributed by atoms with van der Waals surface area (Å²) in [5.41, 5.74) is 2.71. The van der Waals surface area contributed by atoms with Crippen LogP contribution in [-0.4, -0.2) is 35.9 Å². The average molecular weight is 556 g/mol. The van der Waals surface area contributed by atoms with Crippen molar-refractivity contribution < 1.29 is 14.3 Å². The van der Waals surface area contributed by atoms with E-state index in [-0.39, 0.29) is 25.0 Å². The fourth-order valence-electron chi connectivity index (χ4n) is 4.09. The Morgan fingerprint density at radius 3 is 2.18 bits per heavy atom. The van der Waals surface area contributed by atoms with Crippen molar-refractivity contribution in [3.63, 3.8) is 0 Å². The number of ether oxygens (including phenoxy) is 1. The van der Waals surface area contributed by atoms with Crippen LogP contribution in [0, 0.1) is 0 Å². The summed E-state index contributed by atoms with van der Waals surface area (Å²) >= 11 is 13.0. The summed E-state index contributed by atoms with van der Waals surface area (Å²) in [6, 6.07) is 21.8. The summed E-state index contributed by atoms with van der Waals surface area (Å²) in [6.45, 7) is 6.69. The molecular weight excluding hydrogens is 519 g/mol. The van der Waals surface area contributed by atoms with Crippen molar-refractivity contribution in [2.24, 2.45) is 0 Å². The summed E-state index contributed by atoms with van der Waals surface area (Å²) in [7, 11) is 0. The van der Waals surface area contributed by atoms with E-state index in [2.05, 4.69) is 26.1 Å². The van der Waals surface area contributed by atoms with Gasteiger partial charge in [-0.2, -0.15) is 0 Å². The zero-order chi connectivity index (χ0) is 27.5. The molecule has 202 valence electrons. The minimum absolute atomic E-state index is 0.0751. The van der Waals surface area contributed by atoms with Gasteiger partial charge in [-0.25, -0.2) is 0 Å². The van der Waals surface area contributed by atoms with Gasteiger partial charge >= 0.3 is 0 Å². The Balaban J connectivity index is 1.91. The van der Waals surface area contributed by atoms with Crippen LogP contribution in [0.5, 0.6) is 5.75 Å². The zero-order valence-corrected chi connectivity index (χ0v) is 23.8. The summed E-state index contributed by atoms with van der Waals surface area (Å²) < 4.78 is 5.87. The lowest BCUT2D eigenvalue weighted by Crippen LogP contribution is -2.52. The molecule has 3 aromatic rings. The van der Waals surface area contributed by atoms with Crippen molar-refractivity contribution in [1.29, 1.82) is 0 Å². The number of hydrogen-bond donors (Lipinski definition) is 1. The van der Waals surface area contributed by atoms with Gasteiger partial charge in [-0.1, -0.05) is 98.9 Å². The highest BCUT2D eigenvalue weighted by Crippen LogP contribution is 2.27. The number of rotatable bonds is 13. The number of hydrogen-bond acceptors (Lipinski definition) is 3. The molecule has 38 heavy (non-hydrogen) atoms. The van der Waals surface area contributed by atoms with Crippen LogP contribution in [0.15, 0.2) is 72.8 Å². The third-order valence-electron chi connectivity index (χ3n) is 6.40. The van der Waals surface area contributed by atoms with Gasteiger partial charge in [0.15, 0.2) is 6.61 Å². The normalized spacial score (nSPS) is 11.7. The predicted octanol–water partition coefficient (Wildman–Crippen LogP) is 7.05. The molecule has 2 amide bonds. The molecule has 0 spiro atoms. The summed E-state index contributed by atoms with van der Waals surface area (Å²) in [4.78, 5) is 28.7. The molecule has 0 radical (unpaired) electrons. The molecule has 0 saturated carbocycles. The number of unbranched alkanes of at least 4 members (excludes halogenated alkanes) is 1.